The highest BCUT2D eigenvalue weighted by Gasteiger charge is 2.14. The van der Waals surface area contributed by atoms with Gasteiger partial charge in [0.25, 0.3) is 0 Å². The van der Waals surface area contributed by atoms with Crippen LogP contribution in [0, 0.1) is 0 Å². The number of nitrogens with one attached hydrogen (secondary N) is 2. The van der Waals surface area contributed by atoms with E-state index < -0.39 is 0 Å². The number of rotatable bonds is 3. The van der Waals surface area contributed by atoms with E-state index in [2.05, 4.69) is 28.8 Å². The lowest BCUT2D eigenvalue weighted by atomic mass is 10.1. The first kappa shape index (κ1) is 10.5. The number of piperazine rings is 1. The lowest BCUT2D eigenvalue weighted by Gasteiger charge is -2.25. The van der Waals surface area contributed by atoms with Gasteiger partial charge < -0.3 is 15.4 Å². The van der Waals surface area contributed by atoms with Crippen molar-refractivity contribution in [2.75, 3.05) is 26.2 Å². The maximum atomic E-state index is 5.49. The molecule has 1 aliphatic heterocycles. The summed E-state index contributed by atoms with van der Waals surface area (Å²) in [4.78, 5) is 0. The molecule has 1 unspecified atom stereocenters. The third kappa shape index (κ3) is 2.70. The molecular formula is C12H18N2O. The van der Waals surface area contributed by atoms with Crippen LogP contribution in [0.5, 0.6) is 5.75 Å². The van der Waals surface area contributed by atoms with Crippen LogP contribution in [0.2, 0.25) is 0 Å². The highest BCUT2D eigenvalue weighted by Crippen LogP contribution is 2.19. The van der Waals surface area contributed by atoms with Crippen LogP contribution in [0.15, 0.2) is 24.3 Å². The van der Waals surface area contributed by atoms with E-state index in [0.717, 1.165) is 32.0 Å². The van der Waals surface area contributed by atoms with E-state index in [1.165, 1.54) is 5.56 Å². The van der Waals surface area contributed by atoms with E-state index in [1.807, 2.05) is 13.0 Å². The normalized spacial score (nSPS) is 21.3. The minimum atomic E-state index is 0.416. The van der Waals surface area contributed by atoms with Crippen molar-refractivity contribution in [2.24, 2.45) is 0 Å². The second-order valence-electron chi connectivity index (χ2n) is 3.72. The molecule has 0 saturated carbocycles. The molecule has 1 aliphatic rings. The number of hydrogen-bond acceptors (Lipinski definition) is 3. The van der Waals surface area contributed by atoms with Crippen LogP contribution in [-0.4, -0.2) is 26.2 Å². The molecule has 0 aliphatic carbocycles. The van der Waals surface area contributed by atoms with Crippen LogP contribution in [-0.2, 0) is 0 Å². The molecule has 1 fully saturated rings. The molecular weight excluding hydrogens is 188 g/mol. The average Bonchev–Trinajstić information content (AvgIpc) is 2.31. The minimum absolute atomic E-state index is 0.416. The Morgan fingerprint density at radius 2 is 2.33 bits per heavy atom. The molecule has 3 nitrogen and oxygen atoms in total. The van der Waals surface area contributed by atoms with E-state index in [0.29, 0.717) is 6.04 Å². The van der Waals surface area contributed by atoms with Crippen LogP contribution in [0.1, 0.15) is 18.5 Å². The fraction of sp³-hybridized carbons (Fsp3) is 0.500. The van der Waals surface area contributed by atoms with Crippen LogP contribution >= 0.6 is 0 Å². The van der Waals surface area contributed by atoms with Crippen LogP contribution < -0.4 is 15.4 Å². The molecule has 1 heterocycles. The molecule has 1 aromatic carbocycles. The Hall–Kier alpha value is -1.06. The van der Waals surface area contributed by atoms with Crippen molar-refractivity contribution in [2.45, 2.75) is 13.0 Å². The Labute approximate surface area is 90.8 Å². The molecule has 2 N–H and O–H groups in total. The van der Waals surface area contributed by atoms with E-state index in [-0.39, 0.29) is 0 Å². The zero-order chi connectivity index (χ0) is 10.5. The molecule has 1 saturated heterocycles. The molecule has 3 heteroatoms. The maximum absolute atomic E-state index is 5.49. The highest BCUT2D eigenvalue weighted by molar-refractivity contribution is 5.31. The first-order valence-electron chi connectivity index (χ1n) is 5.57. The monoisotopic (exact) mass is 206 g/mol. The summed E-state index contributed by atoms with van der Waals surface area (Å²) in [5.74, 6) is 0.961. The van der Waals surface area contributed by atoms with E-state index in [9.17, 15) is 0 Å². The molecule has 0 spiro atoms. The molecule has 2 rings (SSSR count). The lowest BCUT2D eigenvalue weighted by molar-refractivity contribution is 0.338. The Bertz CT molecular complexity index is 308. The summed E-state index contributed by atoms with van der Waals surface area (Å²) in [6, 6.07) is 8.74. The summed E-state index contributed by atoms with van der Waals surface area (Å²) in [6.45, 7) is 5.81. The van der Waals surface area contributed by atoms with Crippen molar-refractivity contribution in [1.29, 1.82) is 0 Å². The van der Waals surface area contributed by atoms with Crippen molar-refractivity contribution >= 4 is 0 Å². The van der Waals surface area contributed by atoms with Gasteiger partial charge in [0.05, 0.1) is 6.61 Å². The third-order valence-electron chi connectivity index (χ3n) is 2.61. The molecule has 15 heavy (non-hydrogen) atoms. The summed E-state index contributed by atoms with van der Waals surface area (Å²) in [5, 5.41) is 6.87. The highest BCUT2D eigenvalue weighted by atomic mass is 16.5. The van der Waals surface area contributed by atoms with Crippen LogP contribution in [0.4, 0.5) is 0 Å². The van der Waals surface area contributed by atoms with Crippen LogP contribution in [0.3, 0.4) is 0 Å². The van der Waals surface area contributed by atoms with Gasteiger partial charge in [-0.1, -0.05) is 12.1 Å². The van der Waals surface area contributed by atoms with Crippen molar-refractivity contribution in [1.82, 2.24) is 10.6 Å². The van der Waals surface area contributed by atoms with Gasteiger partial charge in [-0.3, -0.25) is 0 Å². The van der Waals surface area contributed by atoms with Gasteiger partial charge in [-0.15, -0.1) is 0 Å². The Morgan fingerprint density at radius 3 is 3.07 bits per heavy atom. The smallest absolute Gasteiger partial charge is 0.119 e. The largest absolute Gasteiger partial charge is 0.494 e. The second-order valence-corrected chi connectivity index (χ2v) is 3.72. The van der Waals surface area contributed by atoms with Gasteiger partial charge in [-0.05, 0) is 24.6 Å². The van der Waals surface area contributed by atoms with Gasteiger partial charge in [-0.2, -0.15) is 0 Å². The Kier molecular flexibility index (Phi) is 3.59. The predicted molar refractivity (Wildman–Crippen MR) is 61.2 cm³/mol. The first-order chi connectivity index (χ1) is 7.40. The molecule has 82 valence electrons. The van der Waals surface area contributed by atoms with Gasteiger partial charge in [-0.25, -0.2) is 0 Å². The summed E-state index contributed by atoms with van der Waals surface area (Å²) in [6.07, 6.45) is 0. The van der Waals surface area contributed by atoms with Gasteiger partial charge in [0, 0.05) is 25.7 Å². The fourth-order valence-electron chi connectivity index (χ4n) is 1.88. The summed E-state index contributed by atoms with van der Waals surface area (Å²) in [7, 11) is 0. The number of hydrogen-bond donors (Lipinski definition) is 2. The van der Waals surface area contributed by atoms with Crippen molar-refractivity contribution in [3.63, 3.8) is 0 Å². The van der Waals surface area contributed by atoms with E-state index in [1.54, 1.807) is 0 Å². The predicted octanol–water partition coefficient (Wildman–Crippen LogP) is 1.32. The van der Waals surface area contributed by atoms with E-state index >= 15 is 0 Å². The average molecular weight is 206 g/mol. The molecule has 0 bridgehead atoms. The van der Waals surface area contributed by atoms with E-state index in [4.69, 9.17) is 4.74 Å². The maximum Gasteiger partial charge on any atom is 0.119 e. The topological polar surface area (TPSA) is 33.3 Å². The zero-order valence-corrected chi connectivity index (χ0v) is 9.12. The van der Waals surface area contributed by atoms with Gasteiger partial charge >= 0.3 is 0 Å². The molecule has 0 amide bonds. The van der Waals surface area contributed by atoms with Crippen molar-refractivity contribution < 1.29 is 4.74 Å². The Balaban J connectivity index is 2.09. The van der Waals surface area contributed by atoms with Gasteiger partial charge in [0.2, 0.25) is 0 Å². The minimum Gasteiger partial charge on any atom is -0.494 e. The lowest BCUT2D eigenvalue weighted by Crippen LogP contribution is -2.42. The molecule has 1 atom stereocenters. The Morgan fingerprint density at radius 1 is 1.40 bits per heavy atom. The SMILES string of the molecule is CCOc1cccc(C2CNCCN2)c1. The van der Waals surface area contributed by atoms with Crippen LogP contribution in [0.25, 0.3) is 0 Å². The number of benzene rings is 1. The fourth-order valence-corrected chi connectivity index (χ4v) is 1.88. The second kappa shape index (κ2) is 5.14. The standard InChI is InChI=1S/C12H18N2O/c1-2-15-11-5-3-4-10(8-11)12-9-13-6-7-14-12/h3-5,8,12-14H,2,6-7,9H2,1H3. The summed E-state index contributed by atoms with van der Waals surface area (Å²) < 4.78 is 5.49. The molecule has 0 aromatic heterocycles. The summed E-state index contributed by atoms with van der Waals surface area (Å²) in [5.41, 5.74) is 1.30. The quantitative estimate of drug-likeness (QED) is 0.782. The van der Waals surface area contributed by atoms with Gasteiger partial charge in [0.1, 0.15) is 5.75 Å². The molecule has 0 radical (unpaired) electrons. The van der Waals surface area contributed by atoms with Crippen molar-refractivity contribution in [3.8, 4) is 5.75 Å². The zero-order valence-electron chi connectivity index (χ0n) is 9.12. The molecule has 1 aromatic rings. The van der Waals surface area contributed by atoms with Gasteiger partial charge in [0.15, 0.2) is 0 Å². The first-order valence-corrected chi connectivity index (χ1v) is 5.57. The third-order valence-corrected chi connectivity index (χ3v) is 2.61. The summed E-state index contributed by atoms with van der Waals surface area (Å²) >= 11 is 0. The van der Waals surface area contributed by atoms with Crippen molar-refractivity contribution in [3.05, 3.63) is 29.8 Å². The number of ether oxygens (including phenoxy) is 1.